The monoisotopic (exact) mass is 181 g/mol. The van der Waals surface area contributed by atoms with Gasteiger partial charge in [-0.05, 0) is 19.8 Å². The van der Waals surface area contributed by atoms with Crippen LogP contribution >= 0.6 is 0 Å². The third-order valence-corrected chi connectivity index (χ3v) is 2.57. The number of nitrogens with one attached hydrogen (secondary N) is 1. The molecule has 1 aliphatic heterocycles. The first-order valence-electron chi connectivity index (χ1n) is 5.11. The molecule has 0 aromatic heterocycles. The second-order valence-corrected chi connectivity index (χ2v) is 3.65. The molecular formula is C11H19NO. The van der Waals surface area contributed by atoms with Crippen LogP contribution in [-0.2, 0) is 4.74 Å². The summed E-state index contributed by atoms with van der Waals surface area (Å²) < 4.78 is 5.46. The minimum Gasteiger partial charge on any atom is -0.377 e. The lowest BCUT2D eigenvalue weighted by Gasteiger charge is -2.20. The summed E-state index contributed by atoms with van der Waals surface area (Å²) in [5.74, 6) is 2.78. The van der Waals surface area contributed by atoms with Crippen molar-refractivity contribution in [1.82, 2.24) is 5.32 Å². The van der Waals surface area contributed by atoms with E-state index in [9.17, 15) is 0 Å². The van der Waals surface area contributed by atoms with Crippen molar-refractivity contribution in [3.8, 4) is 12.3 Å². The van der Waals surface area contributed by atoms with Crippen molar-refractivity contribution in [3.63, 3.8) is 0 Å². The third kappa shape index (κ3) is 3.02. The number of hydrogen-bond donors (Lipinski definition) is 1. The highest BCUT2D eigenvalue weighted by atomic mass is 16.5. The molecule has 0 amide bonds. The minimum absolute atomic E-state index is 0.221. The maximum absolute atomic E-state index is 5.46. The summed E-state index contributed by atoms with van der Waals surface area (Å²) in [7, 11) is 0. The van der Waals surface area contributed by atoms with Crippen LogP contribution < -0.4 is 5.32 Å². The van der Waals surface area contributed by atoms with Crippen molar-refractivity contribution in [1.29, 1.82) is 0 Å². The van der Waals surface area contributed by atoms with Gasteiger partial charge in [-0.1, -0.05) is 19.3 Å². The quantitative estimate of drug-likeness (QED) is 0.664. The molecule has 0 bridgehead atoms. The van der Waals surface area contributed by atoms with Gasteiger partial charge in [-0.25, -0.2) is 0 Å². The zero-order chi connectivity index (χ0) is 9.68. The van der Waals surface area contributed by atoms with Crippen molar-refractivity contribution in [2.75, 3.05) is 6.61 Å². The van der Waals surface area contributed by atoms with E-state index in [0.717, 1.165) is 25.9 Å². The van der Waals surface area contributed by atoms with Crippen LogP contribution in [0, 0.1) is 12.3 Å². The predicted octanol–water partition coefficient (Wildman–Crippen LogP) is 1.56. The largest absolute Gasteiger partial charge is 0.377 e. The molecule has 1 rings (SSSR count). The van der Waals surface area contributed by atoms with Crippen LogP contribution in [0.2, 0.25) is 0 Å². The molecule has 0 aromatic carbocycles. The van der Waals surface area contributed by atoms with Gasteiger partial charge in [0.15, 0.2) is 0 Å². The Morgan fingerprint density at radius 3 is 2.92 bits per heavy atom. The Morgan fingerprint density at radius 1 is 1.69 bits per heavy atom. The summed E-state index contributed by atoms with van der Waals surface area (Å²) in [4.78, 5) is 0. The average molecular weight is 181 g/mol. The molecule has 0 spiro atoms. The molecule has 0 saturated carbocycles. The van der Waals surface area contributed by atoms with Crippen LogP contribution in [0.3, 0.4) is 0 Å². The van der Waals surface area contributed by atoms with Gasteiger partial charge in [0, 0.05) is 12.6 Å². The molecule has 2 heteroatoms. The van der Waals surface area contributed by atoms with E-state index in [1.165, 1.54) is 0 Å². The van der Waals surface area contributed by atoms with Gasteiger partial charge < -0.3 is 4.74 Å². The van der Waals surface area contributed by atoms with Crippen molar-refractivity contribution in [2.45, 2.75) is 51.3 Å². The minimum atomic E-state index is 0.221. The first-order chi connectivity index (χ1) is 6.27. The Hall–Kier alpha value is -0.520. The third-order valence-electron chi connectivity index (χ3n) is 2.57. The molecule has 0 radical (unpaired) electrons. The summed E-state index contributed by atoms with van der Waals surface area (Å²) in [6, 6.07) is 0.673. The van der Waals surface area contributed by atoms with Crippen LogP contribution in [0.25, 0.3) is 0 Å². The highest BCUT2D eigenvalue weighted by molar-refractivity contribution is 5.00. The lowest BCUT2D eigenvalue weighted by molar-refractivity contribution is 0.112. The highest BCUT2D eigenvalue weighted by Gasteiger charge is 2.25. The topological polar surface area (TPSA) is 21.3 Å². The molecule has 0 aromatic rings. The van der Waals surface area contributed by atoms with E-state index >= 15 is 0 Å². The molecule has 13 heavy (non-hydrogen) atoms. The zero-order valence-corrected chi connectivity index (χ0v) is 8.55. The molecule has 1 heterocycles. The zero-order valence-electron chi connectivity index (χ0n) is 8.55. The van der Waals surface area contributed by atoms with E-state index in [0.29, 0.717) is 12.1 Å². The molecule has 1 aliphatic rings. The Morgan fingerprint density at radius 2 is 2.46 bits per heavy atom. The van der Waals surface area contributed by atoms with Gasteiger partial charge in [-0.15, -0.1) is 6.42 Å². The van der Waals surface area contributed by atoms with Gasteiger partial charge in [0.25, 0.3) is 0 Å². The summed E-state index contributed by atoms with van der Waals surface area (Å²) in [6.45, 7) is 5.12. The fraction of sp³-hybridized carbons (Fsp3) is 0.818. The number of hydrogen-bond acceptors (Lipinski definition) is 2. The van der Waals surface area contributed by atoms with Crippen LogP contribution in [0.4, 0.5) is 0 Å². The van der Waals surface area contributed by atoms with E-state index in [2.05, 4.69) is 25.1 Å². The van der Waals surface area contributed by atoms with Crippen LogP contribution in [0.1, 0.15) is 33.1 Å². The average Bonchev–Trinajstić information content (AvgIpc) is 2.51. The Bertz CT molecular complexity index is 185. The molecule has 3 atom stereocenters. The molecule has 1 saturated heterocycles. The van der Waals surface area contributed by atoms with E-state index in [1.54, 1.807) is 0 Å². The second-order valence-electron chi connectivity index (χ2n) is 3.65. The Labute approximate surface area is 81.0 Å². The van der Waals surface area contributed by atoms with E-state index < -0.39 is 0 Å². The molecule has 1 fully saturated rings. The molecular weight excluding hydrogens is 162 g/mol. The van der Waals surface area contributed by atoms with Crippen LogP contribution in [-0.4, -0.2) is 24.8 Å². The van der Waals surface area contributed by atoms with Gasteiger partial charge >= 0.3 is 0 Å². The maximum atomic E-state index is 5.46. The number of ether oxygens (including phenoxy) is 1. The SMILES string of the molecule is C#CC(CCC)NC1CCOC1C. The van der Waals surface area contributed by atoms with Crippen molar-refractivity contribution in [2.24, 2.45) is 0 Å². The first kappa shape index (κ1) is 10.6. The van der Waals surface area contributed by atoms with Crippen molar-refractivity contribution < 1.29 is 4.74 Å². The van der Waals surface area contributed by atoms with E-state index in [1.807, 2.05) is 0 Å². The summed E-state index contributed by atoms with van der Waals surface area (Å²) in [5.41, 5.74) is 0. The Balaban J connectivity index is 2.33. The second kappa shape index (κ2) is 5.26. The Kier molecular flexibility index (Phi) is 4.27. The highest BCUT2D eigenvalue weighted by Crippen LogP contribution is 2.13. The first-order valence-corrected chi connectivity index (χ1v) is 5.11. The van der Waals surface area contributed by atoms with Crippen molar-refractivity contribution >= 4 is 0 Å². The van der Waals surface area contributed by atoms with Crippen molar-refractivity contribution in [3.05, 3.63) is 0 Å². The molecule has 0 aliphatic carbocycles. The fourth-order valence-corrected chi connectivity index (χ4v) is 1.71. The molecule has 74 valence electrons. The van der Waals surface area contributed by atoms with Gasteiger partial charge in [0.05, 0.1) is 12.1 Å². The van der Waals surface area contributed by atoms with E-state index in [4.69, 9.17) is 11.2 Å². The smallest absolute Gasteiger partial charge is 0.0701 e. The molecule has 2 nitrogen and oxygen atoms in total. The lowest BCUT2D eigenvalue weighted by atomic mass is 10.1. The number of terminal acetylenes is 1. The summed E-state index contributed by atoms with van der Waals surface area (Å²) >= 11 is 0. The van der Waals surface area contributed by atoms with E-state index in [-0.39, 0.29) is 6.04 Å². The van der Waals surface area contributed by atoms with Gasteiger partial charge in [0.1, 0.15) is 0 Å². The van der Waals surface area contributed by atoms with Gasteiger partial charge in [0.2, 0.25) is 0 Å². The normalized spacial score (nSPS) is 29.9. The standard InChI is InChI=1S/C11H19NO/c1-4-6-10(5-2)12-11-7-8-13-9(11)3/h2,9-12H,4,6-8H2,1,3H3. The van der Waals surface area contributed by atoms with Crippen LogP contribution in [0.15, 0.2) is 0 Å². The molecule has 3 unspecified atom stereocenters. The van der Waals surface area contributed by atoms with Gasteiger partial charge in [-0.2, -0.15) is 0 Å². The van der Waals surface area contributed by atoms with Crippen LogP contribution in [0.5, 0.6) is 0 Å². The lowest BCUT2D eigenvalue weighted by Crippen LogP contribution is -2.41. The summed E-state index contributed by atoms with van der Waals surface area (Å²) in [6.07, 6.45) is 9.01. The fourth-order valence-electron chi connectivity index (χ4n) is 1.71. The number of rotatable bonds is 4. The maximum Gasteiger partial charge on any atom is 0.0701 e. The van der Waals surface area contributed by atoms with Gasteiger partial charge in [-0.3, -0.25) is 5.32 Å². The summed E-state index contributed by atoms with van der Waals surface area (Å²) in [5, 5.41) is 3.46. The predicted molar refractivity (Wildman–Crippen MR) is 54.5 cm³/mol. The molecule has 1 N–H and O–H groups in total.